The molecule has 0 radical (unpaired) electrons. The van der Waals surface area contributed by atoms with Crippen LogP contribution >= 0.6 is 0 Å². The van der Waals surface area contributed by atoms with Gasteiger partial charge in [-0.05, 0) is 91.7 Å². The van der Waals surface area contributed by atoms with Crippen LogP contribution in [0, 0.1) is 11.3 Å². The molecule has 1 heterocycles. The Hall–Kier alpha value is -5.91. The number of benzene rings is 7. The number of para-hydroxylation sites is 1. The first-order chi connectivity index (χ1) is 22.3. The molecule has 0 atom stereocenters. The fourth-order valence-corrected chi connectivity index (χ4v) is 8.37. The summed E-state index contributed by atoms with van der Waals surface area (Å²) in [7, 11) is 0. The van der Waals surface area contributed by atoms with Crippen molar-refractivity contribution in [3.8, 4) is 22.9 Å². The van der Waals surface area contributed by atoms with Gasteiger partial charge >= 0.3 is 0 Å². The molecule has 2 heteroatoms. The van der Waals surface area contributed by atoms with Gasteiger partial charge in [-0.1, -0.05) is 109 Å². The molecule has 3 aliphatic rings. The van der Waals surface area contributed by atoms with Gasteiger partial charge in [0.05, 0.1) is 22.7 Å². The van der Waals surface area contributed by atoms with E-state index in [0.717, 1.165) is 11.3 Å². The number of aromatic nitrogens is 1. The van der Waals surface area contributed by atoms with Crippen LogP contribution in [0.5, 0.6) is 0 Å². The van der Waals surface area contributed by atoms with Crippen molar-refractivity contribution < 1.29 is 0 Å². The minimum absolute atomic E-state index is 0.0607. The Kier molecular flexibility index (Phi) is 4.93. The first-order valence-electron chi connectivity index (χ1n) is 15.6. The van der Waals surface area contributed by atoms with E-state index in [0.29, 0.717) is 0 Å². The van der Waals surface area contributed by atoms with Gasteiger partial charge in [-0.25, -0.2) is 0 Å². The van der Waals surface area contributed by atoms with Gasteiger partial charge in [-0.15, -0.1) is 0 Å². The standard InChI is InChI=1S/C43H26N2/c44-25-29-18-21-31(43-40(29)41-33-12-3-5-14-35(33)42(43)36-15-6-4-13-34(36)41)28-19-22-39-37(24-28)32-11-7-8-16-38(32)45(39)30-20-17-26-9-1-2-10-27(26)23-30/h1-24,41-42H. The summed E-state index contributed by atoms with van der Waals surface area (Å²) in [6, 6.07) is 55.4. The maximum Gasteiger partial charge on any atom is 0.0994 e. The molecule has 45 heavy (non-hydrogen) atoms. The Bertz CT molecular complexity index is 2530. The van der Waals surface area contributed by atoms with Gasteiger partial charge in [0.2, 0.25) is 0 Å². The Labute approximate surface area is 261 Å². The Morgan fingerprint density at radius 2 is 1.11 bits per heavy atom. The quantitative estimate of drug-likeness (QED) is 0.203. The topological polar surface area (TPSA) is 28.7 Å². The second-order valence-corrected chi connectivity index (χ2v) is 12.3. The van der Waals surface area contributed by atoms with Gasteiger partial charge in [0.15, 0.2) is 0 Å². The van der Waals surface area contributed by atoms with Crippen LogP contribution in [0.15, 0.2) is 146 Å². The molecule has 0 saturated carbocycles. The summed E-state index contributed by atoms with van der Waals surface area (Å²) >= 11 is 0. The molecule has 8 aromatic rings. The predicted octanol–water partition coefficient (Wildman–Crippen LogP) is 10.5. The highest BCUT2D eigenvalue weighted by Gasteiger charge is 2.43. The highest BCUT2D eigenvalue weighted by atomic mass is 15.0. The molecule has 0 amide bonds. The third-order valence-corrected chi connectivity index (χ3v) is 10.2. The largest absolute Gasteiger partial charge is 0.309 e. The van der Waals surface area contributed by atoms with Gasteiger partial charge in [0.25, 0.3) is 0 Å². The molecule has 0 unspecified atom stereocenters. The molecule has 0 saturated heterocycles. The van der Waals surface area contributed by atoms with Gasteiger partial charge in [-0.3, -0.25) is 0 Å². The molecule has 1 aromatic heterocycles. The summed E-state index contributed by atoms with van der Waals surface area (Å²) < 4.78 is 2.39. The monoisotopic (exact) mass is 570 g/mol. The summed E-state index contributed by atoms with van der Waals surface area (Å²) in [5.74, 6) is 0.154. The average Bonchev–Trinajstić information content (AvgIpc) is 3.44. The van der Waals surface area contributed by atoms with Crippen LogP contribution in [-0.2, 0) is 0 Å². The van der Waals surface area contributed by atoms with E-state index in [1.165, 1.54) is 77.1 Å². The molecule has 0 spiro atoms. The minimum Gasteiger partial charge on any atom is -0.309 e. The highest BCUT2D eigenvalue weighted by Crippen LogP contribution is 2.58. The zero-order chi connectivity index (χ0) is 29.6. The number of hydrogen-bond acceptors (Lipinski definition) is 1. The van der Waals surface area contributed by atoms with Crippen LogP contribution in [0.2, 0.25) is 0 Å². The van der Waals surface area contributed by atoms with E-state index >= 15 is 0 Å². The summed E-state index contributed by atoms with van der Waals surface area (Å²) in [6.45, 7) is 0. The number of hydrogen-bond donors (Lipinski definition) is 0. The summed E-state index contributed by atoms with van der Waals surface area (Å²) in [5, 5.41) is 15.3. The third kappa shape index (κ3) is 3.27. The smallest absolute Gasteiger partial charge is 0.0994 e. The van der Waals surface area contributed by atoms with E-state index in [2.05, 4.69) is 150 Å². The molecule has 0 fully saturated rings. The normalized spacial score (nSPS) is 16.0. The van der Waals surface area contributed by atoms with E-state index in [1.807, 2.05) is 6.07 Å². The third-order valence-electron chi connectivity index (χ3n) is 10.2. The summed E-state index contributed by atoms with van der Waals surface area (Å²) in [4.78, 5) is 0. The predicted molar refractivity (Wildman–Crippen MR) is 183 cm³/mol. The zero-order valence-electron chi connectivity index (χ0n) is 24.4. The highest BCUT2D eigenvalue weighted by molar-refractivity contribution is 6.11. The van der Waals surface area contributed by atoms with Crippen LogP contribution in [0.4, 0.5) is 0 Å². The molecule has 0 N–H and O–H groups in total. The first-order valence-corrected chi connectivity index (χ1v) is 15.6. The lowest BCUT2D eigenvalue weighted by Crippen LogP contribution is -2.29. The fraction of sp³-hybridized carbons (Fsp3) is 0.0465. The van der Waals surface area contributed by atoms with Crippen molar-refractivity contribution in [2.45, 2.75) is 11.8 Å². The molecule has 7 aromatic carbocycles. The Balaban J connectivity index is 1.24. The lowest BCUT2D eigenvalue weighted by Gasteiger charge is -2.43. The van der Waals surface area contributed by atoms with E-state index in [-0.39, 0.29) is 11.8 Å². The molecule has 11 rings (SSSR count). The van der Waals surface area contributed by atoms with Crippen molar-refractivity contribution in [1.82, 2.24) is 4.57 Å². The van der Waals surface area contributed by atoms with E-state index < -0.39 is 0 Å². The zero-order valence-corrected chi connectivity index (χ0v) is 24.4. The average molecular weight is 571 g/mol. The fourth-order valence-electron chi connectivity index (χ4n) is 8.37. The number of nitriles is 1. The number of rotatable bonds is 2. The van der Waals surface area contributed by atoms with E-state index in [9.17, 15) is 5.26 Å². The summed E-state index contributed by atoms with van der Waals surface area (Å²) in [6.07, 6.45) is 0. The molecular weight excluding hydrogens is 544 g/mol. The first kappa shape index (κ1) is 24.5. The van der Waals surface area contributed by atoms with Crippen LogP contribution in [0.3, 0.4) is 0 Å². The van der Waals surface area contributed by atoms with Crippen molar-refractivity contribution in [1.29, 1.82) is 5.26 Å². The maximum atomic E-state index is 10.4. The lowest BCUT2D eigenvalue weighted by molar-refractivity contribution is 0.753. The molecule has 0 aliphatic heterocycles. The molecule has 2 nitrogen and oxygen atoms in total. The van der Waals surface area contributed by atoms with Gasteiger partial charge in [0, 0.05) is 28.3 Å². The van der Waals surface area contributed by atoms with Gasteiger partial charge in [-0.2, -0.15) is 5.26 Å². The Morgan fingerprint density at radius 1 is 0.489 bits per heavy atom. The van der Waals surface area contributed by atoms with Crippen LogP contribution in [0.25, 0.3) is 49.4 Å². The minimum atomic E-state index is 0.0607. The van der Waals surface area contributed by atoms with Crippen LogP contribution in [0.1, 0.15) is 50.8 Å². The SMILES string of the molecule is N#Cc1ccc(-c2ccc3c(c2)c2ccccc2n3-c2ccc3ccccc3c2)c2c1C1c3ccccc3C2c2ccccc21. The second-order valence-electron chi connectivity index (χ2n) is 12.3. The number of fused-ring (bicyclic) bond motifs is 4. The van der Waals surface area contributed by atoms with Crippen LogP contribution < -0.4 is 0 Å². The molecule has 2 bridgehead atoms. The molecule has 208 valence electrons. The van der Waals surface area contributed by atoms with Crippen molar-refractivity contribution in [3.05, 3.63) is 185 Å². The molecular formula is C43H26N2. The Morgan fingerprint density at radius 3 is 1.84 bits per heavy atom. The summed E-state index contributed by atoms with van der Waals surface area (Å²) in [5.41, 5.74) is 14.6. The van der Waals surface area contributed by atoms with Crippen molar-refractivity contribution in [2.75, 3.05) is 0 Å². The van der Waals surface area contributed by atoms with Crippen LogP contribution in [-0.4, -0.2) is 4.57 Å². The second kappa shape index (κ2) is 9.05. The van der Waals surface area contributed by atoms with Gasteiger partial charge < -0.3 is 4.57 Å². The maximum absolute atomic E-state index is 10.4. The lowest BCUT2D eigenvalue weighted by atomic mass is 9.59. The van der Waals surface area contributed by atoms with Crippen molar-refractivity contribution >= 4 is 32.6 Å². The van der Waals surface area contributed by atoms with Crippen molar-refractivity contribution in [2.24, 2.45) is 0 Å². The van der Waals surface area contributed by atoms with Crippen molar-refractivity contribution in [3.63, 3.8) is 0 Å². The molecule has 3 aliphatic carbocycles. The van der Waals surface area contributed by atoms with E-state index in [1.54, 1.807) is 0 Å². The number of nitrogens with zero attached hydrogens (tertiary/aromatic N) is 2. The van der Waals surface area contributed by atoms with Gasteiger partial charge in [0.1, 0.15) is 0 Å². The van der Waals surface area contributed by atoms with E-state index in [4.69, 9.17) is 0 Å².